The lowest BCUT2D eigenvalue weighted by atomic mass is 9.80. The van der Waals surface area contributed by atoms with Crippen molar-refractivity contribution in [2.45, 2.75) is 47.5 Å². The van der Waals surface area contributed by atoms with Crippen LogP contribution in [0.5, 0.6) is 5.75 Å². The van der Waals surface area contributed by atoms with Gasteiger partial charge < -0.3 is 14.6 Å². The van der Waals surface area contributed by atoms with Crippen LogP contribution in [0.4, 0.5) is 0 Å². The second-order valence-corrected chi connectivity index (χ2v) is 9.25. The van der Waals surface area contributed by atoms with Gasteiger partial charge in [-0.15, -0.1) is 0 Å². The molecule has 0 amide bonds. The van der Waals surface area contributed by atoms with E-state index in [4.69, 9.17) is 9.47 Å². The number of hydrogen-bond donors (Lipinski definition) is 1. The van der Waals surface area contributed by atoms with Gasteiger partial charge in [0.2, 0.25) is 16.1 Å². The van der Waals surface area contributed by atoms with E-state index >= 15 is 0 Å². The van der Waals surface area contributed by atoms with E-state index in [1.807, 2.05) is 0 Å². The average molecular weight is 401 g/mol. The van der Waals surface area contributed by atoms with E-state index in [1.165, 1.54) is 24.3 Å². The molecular weight excluding hydrogens is 382 g/mol. The number of nitrogens with zero attached hydrogens (tertiary/aromatic N) is 1. The summed E-state index contributed by atoms with van der Waals surface area (Å²) < 4.78 is 37.1. The highest BCUT2D eigenvalue weighted by atomic mass is 32.2. The molecule has 0 fully saturated rings. The fourth-order valence-electron chi connectivity index (χ4n) is 3.52. The van der Waals surface area contributed by atoms with Gasteiger partial charge >= 0.3 is 5.97 Å². The summed E-state index contributed by atoms with van der Waals surface area (Å²) in [6.45, 7) is 3.42. The van der Waals surface area contributed by atoms with E-state index in [0.29, 0.717) is 11.3 Å². The van der Waals surface area contributed by atoms with Gasteiger partial charge in [0.15, 0.2) is 0 Å². The lowest BCUT2D eigenvalue weighted by Gasteiger charge is -2.43. The first kappa shape index (κ1) is 18.6. The van der Waals surface area contributed by atoms with Gasteiger partial charge in [0.05, 0.1) is 15.7 Å². The smallest absolute Gasteiger partial charge is 0.351 e. The fraction of sp³-hybridized carbons (Fsp3) is 0.300. The van der Waals surface area contributed by atoms with Crippen molar-refractivity contribution in [1.29, 1.82) is 0 Å². The molecule has 7 nitrogen and oxygen atoms in total. The normalized spacial score (nSPS) is 25.7. The fourth-order valence-corrected chi connectivity index (χ4v) is 4.84. The summed E-state index contributed by atoms with van der Waals surface area (Å²) in [6, 6.07) is 12.6. The first-order chi connectivity index (χ1) is 13.2. The minimum absolute atomic E-state index is 0.0614. The number of rotatable bonds is 3. The molecular formula is C20H19NO6S. The molecule has 2 aliphatic rings. The Morgan fingerprint density at radius 1 is 1.07 bits per heavy atom. The number of hydrogen-bond acceptors (Lipinski definition) is 7. The van der Waals surface area contributed by atoms with Crippen LogP contribution < -0.4 is 4.74 Å². The average Bonchev–Trinajstić information content (AvgIpc) is 3.08. The van der Waals surface area contributed by atoms with E-state index in [2.05, 4.69) is 4.99 Å². The third-order valence-corrected chi connectivity index (χ3v) is 6.77. The molecule has 2 aliphatic heterocycles. The molecule has 0 bridgehead atoms. The molecule has 146 valence electrons. The number of esters is 1. The number of benzene rings is 2. The van der Waals surface area contributed by atoms with Crippen LogP contribution in [0, 0.1) is 0 Å². The van der Waals surface area contributed by atoms with E-state index in [1.54, 1.807) is 38.1 Å². The number of sulfone groups is 1. The van der Waals surface area contributed by atoms with Crippen LogP contribution in [0.15, 0.2) is 63.3 Å². The number of carbonyl (C=O) groups is 1. The van der Waals surface area contributed by atoms with Crippen LogP contribution in [0.1, 0.15) is 25.3 Å². The van der Waals surface area contributed by atoms with E-state index in [9.17, 15) is 18.3 Å². The molecule has 4 rings (SSSR count). The number of carbonyl (C=O) groups excluding carboxylic acids is 1. The Bertz CT molecular complexity index is 1060. The molecule has 0 aromatic heterocycles. The van der Waals surface area contributed by atoms with Gasteiger partial charge in [-0.3, -0.25) is 0 Å². The Labute approximate surface area is 162 Å². The Morgan fingerprint density at radius 2 is 1.79 bits per heavy atom. The molecule has 0 saturated carbocycles. The Morgan fingerprint density at radius 3 is 2.43 bits per heavy atom. The summed E-state index contributed by atoms with van der Waals surface area (Å²) in [5.74, 6) is -0.936. The topological polar surface area (TPSA) is 102 Å². The van der Waals surface area contributed by atoms with Gasteiger partial charge in [0, 0.05) is 5.56 Å². The molecule has 28 heavy (non-hydrogen) atoms. The van der Waals surface area contributed by atoms with Crippen LogP contribution in [0.25, 0.3) is 0 Å². The van der Waals surface area contributed by atoms with Gasteiger partial charge in [-0.1, -0.05) is 18.2 Å². The number of fused-ring (bicyclic) bond motifs is 1. The SMILES string of the molecule is CC1(C)Oc2ccc(S(=O)(=O)c3ccccc3)cc2[C@@H](C2N=CC(=O)O2)[C@@H]1O. The predicted molar refractivity (Wildman–Crippen MR) is 100 cm³/mol. The number of cyclic esters (lactones) is 1. The van der Waals surface area contributed by atoms with Gasteiger partial charge in [-0.05, 0) is 44.2 Å². The molecule has 8 heteroatoms. The molecule has 0 saturated heterocycles. The van der Waals surface area contributed by atoms with Crippen LogP contribution in [-0.4, -0.2) is 43.6 Å². The Kier molecular flexibility index (Phi) is 4.28. The summed E-state index contributed by atoms with van der Waals surface area (Å²) in [7, 11) is -3.76. The minimum atomic E-state index is -3.76. The number of aliphatic hydroxyl groups is 1. The maximum absolute atomic E-state index is 13.0. The second kappa shape index (κ2) is 6.42. The second-order valence-electron chi connectivity index (χ2n) is 7.30. The molecule has 0 aliphatic carbocycles. The lowest BCUT2D eigenvalue weighted by Crippen LogP contribution is -2.51. The van der Waals surface area contributed by atoms with E-state index in [-0.39, 0.29) is 9.79 Å². The van der Waals surface area contributed by atoms with E-state index < -0.39 is 39.7 Å². The highest BCUT2D eigenvalue weighted by molar-refractivity contribution is 7.91. The van der Waals surface area contributed by atoms with Crippen molar-refractivity contribution in [2.24, 2.45) is 4.99 Å². The van der Waals surface area contributed by atoms with Gasteiger partial charge in [0.1, 0.15) is 23.7 Å². The Hall–Kier alpha value is -2.71. The third-order valence-electron chi connectivity index (χ3n) is 5.00. The van der Waals surface area contributed by atoms with Crippen molar-refractivity contribution in [3.05, 3.63) is 54.1 Å². The summed E-state index contributed by atoms with van der Waals surface area (Å²) in [4.78, 5) is 15.8. The van der Waals surface area contributed by atoms with Crippen molar-refractivity contribution >= 4 is 22.0 Å². The molecule has 1 unspecified atom stereocenters. The first-order valence-electron chi connectivity index (χ1n) is 8.75. The summed E-state index contributed by atoms with van der Waals surface area (Å²) >= 11 is 0. The van der Waals surface area contributed by atoms with Gasteiger partial charge in [-0.25, -0.2) is 18.2 Å². The van der Waals surface area contributed by atoms with E-state index in [0.717, 1.165) is 6.21 Å². The zero-order valence-electron chi connectivity index (χ0n) is 15.3. The number of ether oxygens (including phenoxy) is 2. The first-order valence-corrected chi connectivity index (χ1v) is 10.2. The van der Waals surface area contributed by atoms with Gasteiger partial charge in [-0.2, -0.15) is 0 Å². The number of aliphatic hydroxyl groups excluding tert-OH is 1. The zero-order valence-corrected chi connectivity index (χ0v) is 16.1. The summed E-state index contributed by atoms with van der Waals surface area (Å²) in [5, 5.41) is 10.9. The summed E-state index contributed by atoms with van der Waals surface area (Å²) in [6.07, 6.45) is -0.953. The third kappa shape index (κ3) is 2.98. The molecule has 2 aromatic rings. The molecule has 2 aromatic carbocycles. The molecule has 0 radical (unpaired) electrons. The highest BCUT2D eigenvalue weighted by Crippen LogP contribution is 2.45. The minimum Gasteiger partial charge on any atom is -0.485 e. The molecule has 2 heterocycles. The van der Waals surface area contributed by atoms with Crippen molar-refractivity contribution in [1.82, 2.24) is 0 Å². The van der Waals surface area contributed by atoms with Crippen LogP contribution in [0.3, 0.4) is 0 Å². The van der Waals surface area contributed by atoms with Crippen molar-refractivity contribution < 1.29 is 27.8 Å². The molecule has 1 N–H and O–H groups in total. The van der Waals surface area contributed by atoms with Crippen molar-refractivity contribution in [3.8, 4) is 5.75 Å². The zero-order chi connectivity index (χ0) is 20.1. The Balaban J connectivity index is 1.84. The molecule has 0 spiro atoms. The lowest BCUT2D eigenvalue weighted by molar-refractivity contribution is -0.143. The summed E-state index contributed by atoms with van der Waals surface area (Å²) in [5.41, 5.74) is -0.539. The van der Waals surface area contributed by atoms with Crippen LogP contribution >= 0.6 is 0 Å². The van der Waals surface area contributed by atoms with Crippen molar-refractivity contribution in [3.63, 3.8) is 0 Å². The number of aliphatic imine (C=N–C) groups is 1. The monoisotopic (exact) mass is 401 g/mol. The predicted octanol–water partition coefficient (Wildman–Crippen LogP) is 2.09. The largest absolute Gasteiger partial charge is 0.485 e. The standard InChI is InChI=1S/C20H19NO6S/c1-20(2)18(23)17(19-21-11-16(22)26-19)14-10-13(8-9-15(14)27-20)28(24,25)12-6-4-3-5-7-12/h3-11,17-19,23H,1-2H3/t17-,18+,19?/m1/s1. The quantitative estimate of drug-likeness (QED) is 0.790. The highest BCUT2D eigenvalue weighted by Gasteiger charge is 2.48. The molecule has 3 atom stereocenters. The van der Waals surface area contributed by atoms with Crippen LogP contribution in [-0.2, 0) is 19.4 Å². The van der Waals surface area contributed by atoms with Gasteiger partial charge in [0.25, 0.3) is 0 Å². The van der Waals surface area contributed by atoms with Crippen molar-refractivity contribution in [2.75, 3.05) is 0 Å². The maximum atomic E-state index is 13.0. The maximum Gasteiger partial charge on any atom is 0.351 e. The van der Waals surface area contributed by atoms with Crippen LogP contribution in [0.2, 0.25) is 0 Å².